The number of ether oxygens (including phenoxy) is 1. The van der Waals surface area contributed by atoms with Crippen LogP contribution >= 0.6 is 0 Å². The van der Waals surface area contributed by atoms with Gasteiger partial charge in [0.15, 0.2) is 0 Å². The standard InChI is InChI=1S/C22H27NO2/c1-3-4-16-22(2,17-15-19-11-7-5-8-12-19)23-21(24)25-18-20-13-9-6-10-14-20/h5-15,17H,3-4,16,18H2,1-2H3,(H,23,24)/b17-15+/t22-/m1/s1. The van der Waals surface area contributed by atoms with Crippen molar-refractivity contribution in [2.24, 2.45) is 0 Å². The lowest BCUT2D eigenvalue weighted by Gasteiger charge is -2.27. The lowest BCUT2D eigenvalue weighted by Crippen LogP contribution is -2.44. The van der Waals surface area contributed by atoms with E-state index >= 15 is 0 Å². The van der Waals surface area contributed by atoms with Crippen molar-refractivity contribution < 1.29 is 9.53 Å². The van der Waals surface area contributed by atoms with E-state index in [2.05, 4.69) is 18.3 Å². The summed E-state index contributed by atoms with van der Waals surface area (Å²) in [6, 6.07) is 19.8. The Hall–Kier alpha value is -2.55. The summed E-state index contributed by atoms with van der Waals surface area (Å²) in [6.45, 7) is 4.46. The van der Waals surface area contributed by atoms with Crippen LogP contribution in [0.2, 0.25) is 0 Å². The normalized spacial score (nSPS) is 13.4. The summed E-state index contributed by atoms with van der Waals surface area (Å²) in [5, 5.41) is 3.02. The van der Waals surface area contributed by atoms with E-state index in [9.17, 15) is 4.79 Å². The number of carbonyl (C=O) groups excluding carboxylic acids is 1. The predicted molar refractivity (Wildman–Crippen MR) is 103 cm³/mol. The van der Waals surface area contributed by atoms with Gasteiger partial charge in [0.1, 0.15) is 6.61 Å². The van der Waals surface area contributed by atoms with Crippen LogP contribution in [-0.4, -0.2) is 11.6 Å². The zero-order valence-corrected chi connectivity index (χ0v) is 15.1. The van der Waals surface area contributed by atoms with Crippen LogP contribution in [0, 0.1) is 0 Å². The van der Waals surface area contributed by atoms with Crippen molar-refractivity contribution in [2.75, 3.05) is 0 Å². The van der Waals surface area contributed by atoms with E-state index in [1.807, 2.05) is 73.7 Å². The third-order valence-corrected chi connectivity index (χ3v) is 4.09. The number of nitrogens with one attached hydrogen (secondary N) is 1. The van der Waals surface area contributed by atoms with Crippen molar-refractivity contribution in [3.63, 3.8) is 0 Å². The molecule has 132 valence electrons. The van der Waals surface area contributed by atoms with Gasteiger partial charge in [-0.15, -0.1) is 0 Å². The number of hydrogen-bond donors (Lipinski definition) is 1. The maximum absolute atomic E-state index is 12.2. The first-order valence-electron chi connectivity index (χ1n) is 8.84. The van der Waals surface area contributed by atoms with Gasteiger partial charge in [0.25, 0.3) is 0 Å². The largest absolute Gasteiger partial charge is 0.445 e. The topological polar surface area (TPSA) is 38.3 Å². The molecule has 25 heavy (non-hydrogen) atoms. The van der Waals surface area contributed by atoms with Gasteiger partial charge in [0.2, 0.25) is 0 Å². The predicted octanol–water partition coefficient (Wildman–Crippen LogP) is 5.58. The van der Waals surface area contributed by atoms with Gasteiger partial charge in [0, 0.05) is 0 Å². The summed E-state index contributed by atoms with van der Waals surface area (Å²) >= 11 is 0. The van der Waals surface area contributed by atoms with Crippen LogP contribution < -0.4 is 5.32 Å². The fourth-order valence-corrected chi connectivity index (χ4v) is 2.57. The highest BCUT2D eigenvalue weighted by Crippen LogP contribution is 2.18. The summed E-state index contributed by atoms with van der Waals surface area (Å²) < 4.78 is 5.37. The maximum Gasteiger partial charge on any atom is 0.408 e. The van der Waals surface area contributed by atoms with Crippen LogP contribution in [0.1, 0.15) is 44.2 Å². The molecular weight excluding hydrogens is 310 g/mol. The van der Waals surface area contributed by atoms with Gasteiger partial charge in [-0.25, -0.2) is 4.79 Å². The van der Waals surface area contributed by atoms with E-state index in [0.717, 1.165) is 30.4 Å². The summed E-state index contributed by atoms with van der Waals surface area (Å²) in [6.07, 6.45) is 6.70. The Balaban J connectivity index is 1.97. The summed E-state index contributed by atoms with van der Waals surface area (Å²) in [4.78, 5) is 12.2. The van der Waals surface area contributed by atoms with E-state index in [1.165, 1.54) is 0 Å². The molecule has 0 spiro atoms. The van der Waals surface area contributed by atoms with E-state index in [1.54, 1.807) is 0 Å². The molecule has 0 radical (unpaired) electrons. The highest BCUT2D eigenvalue weighted by atomic mass is 16.5. The van der Waals surface area contributed by atoms with Crippen molar-refractivity contribution in [3.8, 4) is 0 Å². The number of rotatable bonds is 8. The van der Waals surface area contributed by atoms with Gasteiger partial charge >= 0.3 is 6.09 Å². The van der Waals surface area contributed by atoms with Crippen LogP contribution in [0.5, 0.6) is 0 Å². The van der Waals surface area contributed by atoms with Gasteiger partial charge in [-0.1, -0.05) is 92.6 Å². The first-order chi connectivity index (χ1) is 12.1. The minimum absolute atomic E-state index is 0.277. The first-order valence-corrected chi connectivity index (χ1v) is 8.84. The van der Waals surface area contributed by atoms with Crippen LogP contribution in [0.3, 0.4) is 0 Å². The quantitative estimate of drug-likeness (QED) is 0.683. The second kappa shape index (κ2) is 9.67. The molecule has 0 aromatic heterocycles. The third-order valence-electron chi connectivity index (χ3n) is 4.09. The van der Waals surface area contributed by atoms with E-state index in [-0.39, 0.29) is 12.7 Å². The van der Waals surface area contributed by atoms with Crippen LogP contribution in [0.4, 0.5) is 4.79 Å². The van der Waals surface area contributed by atoms with Crippen LogP contribution in [0.25, 0.3) is 6.08 Å². The molecule has 0 saturated carbocycles. The molecule has 0 heterocycles. The van der Waals surface area contributed by atoms with E-state index in [0.29, 0.717) is 0 Å². The molecule has 0 fully saturated rings. The maximum atomic E-state index is 12.2. The van der Waals surface area contributed by atoms with Crippen LogP contribution in [-0.2, 0) is 11.3 Å². The number of amides is 1. The monoisotopic (exact) mass is 337 g/mol. The zero-order chi connectivity index (χ0) is 18.0. The third kappa shape index (κ3) is 6.84. The van der Waals surface area contributed by atoms with Gasteiger partial charge in [-0.2, -0.15) is 0 Å². The molecule has 0 aliphatic carbocycles. The second-order valence-electron chi connectivity index (χ2n) is 6.45. The molecule has 0 aliphatic rings. The lowest BCUT2D eigenvalue weighted by molar-refractivity contribution is 0.131. The zero-order valence-electron chi connectivity index (χ0n) is 15.1. The average molecular weight is 337 g/mol. The Morgan fingerprint density at radius 3 is 2.36 bits per heavy atom. The minimum atomic E-state index is -0.431. The molecule has 0 unspecified atom stereocenters. The Bertz CT molecular complexity index is 667. The summed E-state index contributed by atoms with van der Waals surface area (Å²) in [5.41, 5.74) is 1.66. The molecule has 0 aliphatic heterocycles. The number of unbranched alkanes of at least 4 members (excludes halogenated alkanes) is 1. The molecule has 2 aromatic carbocycles. The van der Waals surface area contributed by atoms with Crippen molar-refractivity contribution in [2.45, 2.75) is 45.3 Å². The molecule has 2 rings (SSSR count). The van der Waals surface area contributed by atoms with Crippen molar-refractivity contribution in [1.82, 2.24) is 5.32 Å². The molecule has 3 heteroatoms. The molecule has 0 saturated heterocycles. The Morgan fingerprint density at radius 1 is 1.08 bits per heavy atom. The fourth-order valence-electron chi connectivity index (χ4n) is 2.57. The summed E-state index contributed by atoms with van der Waals surface area (Å²) in [7, 11) is 0. The SMILES string of the molecule is CCCC[C@](C)(/C=C/c1ccccc1)NC(=O)OCc1ccccc1. The minimum Gasteiger partial charge on any atom is -0.445 e. The smallest absolute Gasteiger partial charge is 0.408 e. The number of hydrogen-bond acceptors (Lipinski definition) is 2. The highest BCUT2D eigenvalue weighted by molar-refractivity contribution is 5.69. The highest BCUT2D eigenvalue weighted by Gasteiger charge is 2.23. The lowest BCUT2D eigenvalue weighted by atomic mass is 9.93. The molecule has 1 amide bonds. The van der Waals surface area contributed by atoms with E-state index in [4.69, 9.17) is 4.74 Å². The number of carbonyl (C=O) groups is 1. The number of alkyl carbamates (subject to hydrolysis) is 1. The number of benzene rings is 2. The molecule has 0 bridgehead atoms. The molecule has 1 N–H and O–H groups in total. The Kier molecular flexibility index (Phi) is 7.27. The Labute approximate surface area is 150 Å². The molecule has 1 atom stereocenters. The molecule has 3 nitrogen and oxygen atoms in total. The molecule has 2 aromatic rings. The fraction of sp³-hybridized carbons (Fsp3) is 0.318. The van der Waals surface area contributed by atoms with E-state index < -0.39 is 5.54 Å². The molecular formula is C22H27NO2. The van der Waals surface area contributed by atoms with Crippen molar-refractivity contribution in [3.05, 3.63) is 77.9 Å². The average Bonchev–Trinajstić information content (AvgIpc) is 2.65. The van der Waals surface area contributed by atoms with Gasteiger partial charge in [-0.05, 0) is 24.5 Å². The van der Waals surface area contributed by atoms with Crippen molar-refractivity contribution >= 4 is 12.2 Å². The van der Waals surface area contributed by atoms with Crippen LogP contribution in [0.15, 0.2) is 66.7 Å². The van der Waals surface area contributed by atoms with Gasteiger partial charge < -0.3 is 10.1 Å². The Morgan fingerprint density at radius 2 is 1.72 bits per heavy atom. The van der Waals surface area contributed by atoms with Gasteiger partial charge in [-0.3, -0.25) is 0 Å². The second-order valence-corrected chi connectivity index (χ2v) is 6.45. The first kappa shape index (κ1) is 18.8. The van der Waals surface area contributed by atoms with Crippen molar-refractivity contribution in [1.29, 1.82) is 0 Å². The van der Waals surface area contributed by atoms with Gasteiger partial charge in [0.05, 0.1) is 5.54 Å². The summed E-state index contributed by atoms with van der Waals surface area (Å²) in [5.74, 6) is 0.